The van der Waals surface area contributed by atoms with Crippen LogP contribution in [0.5, 0.6) is 0 Å². The highest BCUT2D eigenvalue weighted by atomic mass is 79.9. The van der Waals surface area contributed by atoms with Crippen LogP contribution in [0.1, 0.15) is 0 Å². The minimum atomic E-state index is -1.38. The second-order valence-electron chi connectivity index (χ2n) is 2.08. The van der Waals surface area contributed by atoms with E-state index >= 15 is 0 Å². The van der Waals surface area contributed by atoms with Crippen molar-refractivity contribution in [2.24, 2.45) is 0 Å². The topological polar surface area (TPSA) is 71.4 Å². The van der Waals surface area contributed by atoms with E-state index in [0.717, 1.165) is 12.2 Å². The average Bonchev–Trinajstić information content (AvgIpc) is 1.96. The van der Waals surface area contributed by atoms with Crippen molar-refractivity contribution < 1.29 is 19.5 Å². The minimum Gasteiger partial charge on any atom is -0.478 e. The van der Waals surface area contributed by atoms with Crippen molar-refractivity contribution in [2.75, 3.05) is 0 Å². The Kier molecular flexibility index (Phi) is 2.23. The number of halogens is 1. The van der Waals surface area contributed by atoms with Crippen molar-refractivity contribution in [3.8, 4) is 0 Å². The number of carbonyl (C=O) groups is 3. The molecule has 4 nitrogen and oxygen atoms in total. The van der Waals surface area contributed by atoms with Gasteiger partial charge in [0, 0.05) is 12.2 Å². The number of carbonyl (C=O) groups excluding carboxylic acids is 2. The molecule has 0 unspecified atom stereocenters. The maximum atomic E-state index is 10.9. The van der Waals surface area contributed by atoms with Crippen LogP contribution in [0, 0.1) is 0 Å². The molecular weight excluding hydrogens is 228 g/mol. The molecule has 1 N–H and O–H groups in total. The summed E-state index contributed by atoms with van der Waals surface area (Å²) in [5, 5.41) is 8.43. The molecule has 0 saturated heterocycles. The number of rotatable bonds is 1. The van der Waals surface area contributed by atoms with Crippen molar-refractivity contribution in [1.29, 1.82) is 0 Å². The molecule has 62 valence electrons. The van der Waals surface area contributed by atoms with Crippen LogP contribution in [0.2, 0.25) is 0 Å². The van der Waals surface area contributed by atoms with E-state index in [9.17, 15) is 14.4 Å². The van der Waals surface area contributed by atoms with Gasteiger partial charge in [0.25, 0.3) is 0 Å². The molecule has 0 radical (unpaired) electrons. The Morgan fingerprint density at radius 1 is 1.25 bits per heavy atom. The Hall–Kier alpha value is -1.23. The lowest BCUT2D eigenvalue weighted by atomic mass is 10.0. The number of hydrogen-bond donors (Lipinski definition) is 1. The quantitative estimate of drug-likeness (QED) is 0.524. The van der Waals surface area contributed by atoms with E-state index in [2.05, 4.69) is 15.9 Å². The fourth-order valence-corrected chi connectivity index (χ4v) is 1.02. The Morgan fingerprint density at radius 2 is 1.83 bits per heavy atom. The van der Waals surface area contributed by atoms with Crippen molar-refractivity contribution >= 4 is 33.5 Å². The standard InChI is InChI=1S/C7H3BrO4/c8-4-2-5(9)3(7(11)12)1-6(4)10/h1-2H,(H,11,12). The molecule has 0 amide bonds. The van der Waals surface area contributed by atoms with Gasteiger partial charge in [-0.15, -0.1) is 0 Å². The normalized spacial score (nSPS) is 17.1. The van der Waals surface area contributed by atoms with Gasteiger partial charge in [-0.3, -0.25) is 9.59 Å². The molecule has 0 aliphatic heterocycles. The molecule has 1 aliphatic carbocycles. The van der Waals surface area contributed by atoms with E-state index in [1.165, 1.54) is 0 Å². The summed E-state index contributed by atoms with van der Waals surface area (Å²) >= 11 is 2.82. The summed E-state index contributed by atoms with van der Waals surface area (Å²) in [4.78, 5) is 32.1. The first-order valence-corrected chi connectivity index (χ1v) is 3.72. The molecule has 1 rings (SSSR count). The van der Waals surface area contributed by atoms with Crippen LogP contribution in [0.4, 0.5) is 0 Å². The summed E-state index contributed by atoms with van der Waals surface area (Å²) in [6.45, 7) is 0. The van der Waals surface area contributed by atoms with Crippen molar-refractivity contribution in [3.63, 3.8) is 0 Å². The van der Waals surface area contributed by atoms with E-state index in [1.54, 1.807) is 0 Å². The van der Waals surface area contributed by atoms with Gasteiger partial charge in [0.2, 0.25) is 0 Å². The zero-order valence-electron chi connectivity index (χ0n) is 5.70. The molecule has 1 aliphatic rings. The van der Waals surface area contributed by atoms with Gasteiger partial charge in [-0.1, -0.05) is 0 Å². The number of carboxylic acid groups (broad SMARTS) is 1. The molecule has 0 aromatic heterocycles. The Bertz CT molecular complexity index is 337. The fraction of sp³-hybridized carbons (Fsp3) is 0. The fourth-order valence-electron chi connectivity index (χ4n) is 0.702. The van der Waals surface area contributed by atoms with Crippen LogP contribution in [-0.4, -0.2) is 22.6 Å². The number of ketones is 2. The average molecular weight is 231 g/mol. The number of aliphatic carboxylic acids is 1. The molecule has 0 spiro atoms. The third-order valence-electron chi connectivity index (χ3n) is 1.26. The molecule has 0 saturated carbocycles. The number of allylic oxidation sites excluding steroid dienone is 3. The predicted molar refractivity (Wildman–Crippen MR) is 42.7 cm³/mol. The third-order valence-corrected chi connectivity index (χ3v) is 1.88. The lowest BCUT2D eigenvalue weighted by Gasteiger charge is -2.02. The van der Waals surface area contributed by atoms with Crippen molar-refractivity contribution in [2.45, 2.75) is 0 Å². The third kappa shape index (κ3) is 1.50. The number of carboxylic acids is 1. The second kappa shape index (κ2) is 3.02. The Labute approximate surface area is 75.7 Å². The lowest BCUT2D eigenvalue weighted by molar-refractivity contribution is -0.134. The van der Waals surface area contributed by atoms with Crippen molar-refractivity contribution in [3.05, 3.63) is 22.2 Å². The lowest BCUT2D eigenvalue weighted by Crippen LogP contribution is -2.16. The summed E-state index contributed by atoms with van der Waals surface area (Å²) < 4.78 is 0.0810. The molecule has 0 atom stereocenters. The van der Waals surface area contributed by atoms with E-state index in [-0.39, 0.29) is 4.48 Å². The summed E-state index contributed by atoms with van der Waals surface area (Å²) in [6, 6.07) is 0. The Morgan fingerprint density at radius 3 is 2.33 bits per heavy atom. The van der Waals surface area contributed by atoms with Gasteiger partial charge in [0.1, 0.15) is 5.57 Å². The van der Waals surface area contributed by atoms with Gasteiger partial charge in [0.05, 0.1) is 4.48 Å². The summed E-state index contributed by atoms with van der Waals surface area (Å²) in [6.07, 6.45) is 1.75. The SMILES string of the molecule is O=C(O)C1=CC(=O)C(Br)=CC1=O. The van der Waals surface area contributed by atoms with Gasteiger partial charge in [-0.25, -0.2) is 4.79 Å². The molecule has 5 heteroatoms. The first-order chi connectivity index (χ1) is 5.52. The van der Waals surface area contributed by atoms with Gasteiger partial charge >= 0.3 is 5.97 Å². The first kappa shape index (κ1) is 8.86. The van der Waals surface area contributed by atoms with E-state index < -0.39 is 23.1 Å². The molecular formula is C7H3BrO4. The smallest absolute Gasteiger partial charge is 0.339 e. The molecule has 0 fully saturated rings. The van der Waals surface area contributed by atoms with Crippen LogP contribution >= 0.6 is 15.9 Å². The summed E-state index contributed by atoms with van der Waals surface area (Å²) in [5.74, 6) is -2.56. The highest BCUT2D eigenvalue weighted by Gasteiger charge is 2.23. The highest BCUT2D eigenvalue weighted by Crippen LogP contribution is 2.16. The van der Waals surface area contributed by atoms with Gasteiger partial charge in [-0.2, -0.15) is 0 Å². The molecule has 0 bridgehead atoms. The summed E-state index contributed by atoms with van der Waals surface area (Å²) in [5.41, 5.74) is -0.497. The molecule has 0 aromatic rings. The second-order valence-corrected chi connectivity index (χ2v) is 2.94. The zero-order valence-corrected chi connectivity index (χ0v) is 7.29. The largest absolute Gasteiger partial charge is 0.478 e. The van der Waals surface area contributed by atoms with E-state index in [4.69, 9.17) is 5.11 Å². The van der Waals surface area contributed by atoms with Crippen LogP contribution in [0.15, 0.2) is 22.2 Å². The van der Waals surface area contributed by atoms with E-state index in [1.807, 2.05) is 0 Å². The Balaban J connectivity index is 3.09. The molecule has 12 heavy (non-hydrogen) atoms. The van der Waals surface area contributed by atoms with Gasteiger partial charge in [-0.05, 0) is 15.9 Å². The molecule has 0 aromatic carbocycles. The maximum Gasteiger partial charge on any atom is 0.339 e. The first-order valence-electron chi connectivity index (χ1n) is 2.93. The molecule has 0 heterocycles. The van der Waals surface area contributed by atoms with E-state index in [0.29, 0.717) is 0 Å². The summed E-state index contributed by atoms with van der Waals surface area (Å²) in [7, 11) is 0. The monoisotopic (exact) mass is 230 g/mol. The predicted octanol–water partition coefficient (Wildman–Crippen LogP) is 0.428. The van der Waals surface area contributed by atoms with Crippen LogP contribution in [0.3, 0.4) is 0 Å². The highest BCUT2D eigenvalue weighted by molar-refractivity contribution is 9.12. The van der Waals surface area contributed by atoms with Crippen LogP contribution in [0.25, 0.3) is 0 Å². The van der Waals surface area contributed by atoms with Crippen LogP contribution in [-0.2, 0) is 14.4 Å². The minimum absolute atomic E-state index is 0.0810. The maximum absolute atomic E-state index is 10.9. The zero-order chi connectivity index (χ0) is 9.30. The van der Waals surface area contributed by atoms with Gasteiger partial charge in [0.15, 0.2) is 11.6 Å². The van der Waals surface area contributed by atoms with Gasteiger partial charge < -0.3 is 5.11 Å². The number of hydrogen-bond acceptors (Lipinski definition) is 3. The van der Waals surface area contributed by atoms with Crippen LogP contribution < -0.4 is 0 Å². The van der Waals surface area contributed by atoms with Crippen molar-refractivity contribution in [1.82, 2.24) is 0 Å².